The van der Waals surface area contributed by atoms with Crippen molar-refractivity contribution in [1.29, 1.82) is 0 Å². The van der Waals surface area contributed by atoms with Crippen LogP contribution in [0.15, 0.2) is 0 Å². The predicted octanol–water partition coefficient (Wildman–Crippen LogP) is 0.289. The van der Waals surface area contributed by atoms with Crippen LogP contribution >= 0.6 is 10.8 Å². The summed E-state index contributed by atoms with van der Waals surface area (Å²) < 4.78 is 11.0. The quantitative estimate of drug-likeness (QED) is 0.523. The van der Waals surface area contributed by atoms with Gasteiger partial charge in [-0.2, -0.15) is 0 Å². The van der Waals surface area contributed by atoms with Crippen LogP contribution in [0.2, 0.25) is 0 Å². The molecule has 4 atom stereocenters. The van der Waals surface area contributed by atoms with Gasteiger partial charge in [-0.3, -0.25) is 0 Å². The molecule has 2 rings (SSSR count). The van der Waals surface area contributed by atoms with E-state index in [2.05, 4.69) is 0 Å². The largest absolute Gasteiger partial charge is 0.391 e. The predicted molar refractivity (Wildman–Crippen MR) is 38.6 cm³/mol. The van der Waals surface area contributed by atoms with Crippen molar-refractivity contribution < 1.29 is 9.32 Å². The third-order valence-corrected chi connectivity index (χ3v) is 5.98. The molecule has 0 aromatic rings. The second-order valence-electron chi connectivity index (χ2n) is 2.50. The molecule has 1 unspecified atom stereocenters. The highest BCUT2D eigenvalue weighted by Crippen LogP contribution is 2.44. The monoisotopic (exact) mass is 164 g/mol. The normalized spacial score (nSPS) is 56.6. The molecule has 1 saturated heterocycles. The van der Waals surface area contributed by atoms with E-state index in [1.165, 1.54) is 10.8 Å². The number of aliphatic hydroxyl groups is 1. The smallest absolute Gasteiger partial charge is 0.0865 e. The summed E-state index contributed by atoms with van der Waals surface area (Å²) in [5.74, 6) is 0. The standard InChI is InChI=1S/C5H8O2S2/c6-5-3-1-2-4(5)9(7)8-3/h3-6H,1-2H2/t3-,4+,5-,9?/m0/s1. The highest BCUT2D eigenvalue weighted by molar-refractivity contribution is 8.70. The van der Waals surface area contributed by atoms with Crippen molar-refractivity contribution in [3.63, 3.8) is 0 Å². The molecule has 2 bridgehead atoms. The molecular weight excluding hydrogens is 156 g/mol. The molecule has 2 nitrogen and oxygen atoms in total. The lowest BCUT2D eigenvalue weighted by Gasteiger charge is -2.04. The average Bonchev–Trinajstić information content (AvgIpc) is 2.25. The van der Waals surface area contributed by atoms with Gasteiger partial charge in [0.25, 0.3) is 0 Å². The molecule has 2 aliphatic rings. The fraction of sp³-hybridized carbons (Fsp3) is 1.00. The minimum atomic E-state index is -0.774. The molecule has 1 aliphatic carbocycles. The first kappa shape index (κ1) is 6.19. The molecule has 52 valence electrons. The van der Waals surface area contributed by atoms with E-state index in [9.17, 15) is 9.32 Å². The summed E-state index contributed by atoms with van der Waals surface area (Å²) in [6.07, 6.45) is 1.75. The van der Waals surface area contributed by atoms with Crippen LogP contribution in [0, 0.1) is 0 Å². The third kappa shape index (κ3) is 0.767. The fourth-order valence-electron chi connectivity index (χ4n) is 1.42. The first-order valence-corrected chi connectivity index (χ1v) is 5.66. The summed E-state index contributed by atoms with van der Waals surface area (Å²) >= 11 is 0. The summed E-state index contributed by atoms with van der Waals surface area (Å²) in [6, 6.07) is 0. The second-order valence-corrected chi connectivity index (χ2v) is 5.99. The van der Waals surface area contributed by atoms with Crippen molar-refractivity contribution in [2.45, 2.75) is 29.4 Å². The molecule has 1 aliphatic heterocycles. The first-order valence-electron chi connectivity index (χ1n) is 3.05. The van der Waals surface area contributed by atoms with Crippen LogP contribution in [-0.4, -0.2) is 25.9 Å². The Balaban J connectivity index is 2.26. The lowest BCUT2D eigenvalue weighted by atomic mass is 10.3. The number of hydrogen-bond donors (Lipinski definition) is 1. The van der Waals surface area contributed by atoms with Gasteiger partial charge in [0.15, 0.2) is 0 Å². The first-order chi connectivity index (χ1) is 4.29. The van der Waals surface area contributed by atoms with Gasteiger partial charge >= 0.3 is 0 Å². The van der Waals surface area contributed by atoms with Gasteiger partial charge < -0.3 is 5.11 Å². The third-order valence-electron chi connectivity index (χ3n) is 1.96. The zero-order valence-electron chi connectivity index (χ0n) is 4.82. The summed E-state index contributed by atoms with van der Waals surface area (Å²) in [6.45, 7) is 0. The van der Waals surface area contributed by atoms with Gasteiger partial charge in [0.05, 0.1) is 21.2 Å². The molecule has 4 heteroatoms. The molecule has 1 saturated carbocycles. The van der Waals surface area contributed by atoms with Crippen LogP contribution in [0.25, 0.3) is 0 Å². The molecule has 2 fully saturated rings. The van der Waals surface area contributed by atoms with Gasteiger partial charge in [-0.1, -0.05) is 10.8 Å². The summed E-state index contributed by atoms with van der Waals surface area (Å²) in [7, 11) is 0.671. The van der Waals surface area contributed by atoms with Crippen LogP contribution in [0.3, 0.4) is 0 Å². The number of rotatable bonds is 0. The molecule has 0 aromatic carbocycles. The average molecular weight is 164 g/mol. The second kappa shape index (κ2) is 1.97. The Labute approximate surface area is 59.9 Å². The Morgan fingerprint density at radius 2 is 2.33 bits per heavy atom. The van der Waals surface area contributed by atoms with Crippen LogP contribution in [0.5, 0.6) is 0 Å². The SMILES string of the molecule is O=S1S[C@H]2CC[C@@H]1[C@H]2O. The number of hydrogen-bond acceptors (Lipinski definition) is 3. The van der Waals surface area contributed by atoms with Crippen molar-refractivity contribution in [3.8, 4) is 0 Å². The lowest BCUT2D eigenvalue weighted by Crippen LogP contribution is -2.20. The fourth-order valence-corrected chi connectivity index (χ4v) is 5.60. The van der Waals surface area contributed by atoms with Crippen molar-refractivity contribution in [1.82, 2.24) is 0 Å². The Morgan fingerprint density at radius 1 is 1.56 bits per heavy atom. The van der Waals surface area contributed by atoms with E-state index < -0.39 is 9.83 Å². The Hall–Kier alpha value is 0.460. The minimum Gasteiger partial charge on any atom is -0.391 e. The maximum absolute atomic E-state index is 11.0. The highest BCUT2D eigenvalue weighted by atomic mass is 33.1. The topological polar surface area (TPSA) is 37.3 Å². The molecule has 0 aromatic heterocycles. The Kier molecular flexibility index (Phi) is 1.35. The molecule has 0 spiro atoms. The van der Waals surface area contributed by atoms with Crippen molar-refractivity contribution in [2.75, 3.05) is 0 Å². The van der Waals surface area contributed by atoms with Crippen LogP contribution < -0.4 is 0 Å². The number of fused-ring (bicyclic) bond motifs is 2. The van der Waals surface area contributed by atoms with Gasteiger partial charge in [-0.15, -0.1) is 0 Å². The Morgan fingerprint density at radius 3 is 2.56 bits per heavy atom. The molecule has 0 amide bonds. The van der Waals surface area contributed by atoms with Gasteiger partial charge in [0.2, 0.25) is 0 Å². The van der Waals surface area contributed by atoms with E-state index in [0.29, 0.717) is 0 Å². The van der Waals surface area contributed by atoms with Gasteiger partial charge in [0, 0.05) is 5.25 Å². The summed E-state index contributed by atoms with van der Waals surface area (Å²) in [4.78, 5) is 0. The van der Waals surface area contributed by atoms with E-state index >= 15 is 0 Å². The van der Waals surface area contributed by atoms with Crippen molar-refractivity contribution in [2.24, 2.45) is 0 Å². The zero-order chi connectivity index (χ0) is 6.43. The Bertz CT molecular complexity index is 159. The van der Waals surface area contributed by atoms with Gasteiger partial charge in [-0.25, -0.2) is 4.21 Å². The van der Waals surface area contributed by atoms with E-state index in [-0.39, 0.29) is 16.6 Å². The minimum absolute atomic E-state index is 0.0972. The molecule has 0 radical (unpaired) electrons. The van der Waals surface area contributed by atoms with Crippen molar-refractivity contribution >= 4 is 20.6 Å². The van der Waals surface area contributed by atoms with Crippen LogP contribution in [0.4, 0.5) is 0 Å². The number of aliphatic hydroxyl groups excluding tert-OH is 1. The van der Waals surface area contributed by atoms with E-state index in [1.54, 1.807) is 0 Å². The molecule has 1 heterocycles. The van der Waals surface area contributed by atoms with Gasteiger partial charge in [-0.05, 0) is 12.8 Å². The van der Waals surface area contributed by atoms with Crippen LogP contribution in [-0.2, 0) is 9.83 Å². The van der Waals surface area contributed by atoms with E-state index in [0.717, 1.165) is 12.8 Å². The van der Waals surface area contributed by atoms with Crippen molar-refractivity contribution in [3.05, 3.63) is 0 Å². The lowest BCUT2D eigenvalue weighted by molar-refractivity contribution is 0.195. The van der Waals surface area contributed by atoms with Crippen LogP contribution in [0.1, 0.15) is 12.8 Å². The maximum Gasteiger partial charge on any atom is 0.0865 e. The van der Waals surface area contributed by atoms with E-state index in [1.807, 2.05) is 0 Å². The van der Waals surface area contributed by atoms with Gasteiger partial charge in [0.1, 0.15) is 0 Å². The summed E-state index contributed by atoms with van der Waals surface area (Å²) in [5.41, 5.74) is 0. The van der Waals surface area contributed by atoms with E-state index in [4.69, 9.17) is 0 Å². The molecular formula is C5H8O2S2. The molecule has 9 heavy (non-hydrogen) atoms. The zero-order valence-corrected chi connectivity index (χ0v) is 6.45. The molecule has 1 N–H and O–H groups in total. The highest BCUT2D eigenvalue weighted by Gasteiger charge is 2.46. The summed E-state index contributed by atoms with van der Waals surface area (Å²) in [5, 5.41) is 9.67. The maximum atomic E-state index is 11.0.